The van der Waals surface area contributed by atoms with Crippen LogP contribution in [0.5, 0.6) is 0 Å². The van der Waals surface area contributed by atoms with Crippen LogP contribution in [0.1, 0.15) is 42.2 Å². The third kappa shape index (κ3) is 2.99. The highest BCUT2D eigenvalue weighted by molar-refractivity contribution is 5.90. The maximum atomic E-state index is 11.6. The summed E-state index contributed by atoms with van der Waals surface area (Å²) in [5, 5.41) is 0. The van der Waals surface area contributed by atoms with E-state index in [1.807, 2.05) is 10.6 Å². The topological polar surface area (TPSA) is 46.8 Å². The summed E-state index contributed by atoms with van der Waals surface area (Å²) in [7, 11) is 1.39. The summed E-state index contributed by atoms with van der Waals surface area (Å²) in [5.41, 5.74) is 2.43. The Balaban J connectivity index is 1.81. The highest BCUT2D eigenvalue weighted by atomic mass is 16.5. The van der Waals surface area contributed by atoms with E-state index >= 15 is 0 Å². The summed E-state index contributed by atoms with van der Waals surface area (Å²) in [6.45, 7) is 4.52. The molecule has 3 rings (SSSR count). The molecule has 1 atom stereocenters. The van der Waals surface area contributed by atoms with Crippen molar-refractivity contribution in [2.75, 3.05) is 20.2 Å². The molecule has 0 radical (unpaired) electrons. The molecule has 1 fully saturated rings. The standard InChI is InChI=1S/C17H23N3O2/c1-3-19-8-5-4-6-15(19)11-14-12-20-9-7-13(17(21)22-2)10-16(20)18-14/h7,9-10,12,15H,3-6,8,11H2,1-2H3. The normalized spacial score (nSPS) is 19.5. The number of nitrogens with zero attached hydrogens (tertiary/aromatic N) is 3. The van der Waals surface area contributed by atoms with Gasteiger partial charge in [-0.3, -0.25) is 0 Å². The molecular formula is C17H23N3O2. The molecule has 0 amide bonds. The zero-order valence-corrected chi connectivity index (χ0v) is 13.3. The van der Waals surface area contributed by atoms with Crippen LogP contribution in [-0.2, 0) is 11.2 Å². The number of carbonyl (C=O) groups is 1. The van der Waals surface area contributed by atoms with Crippen molar-refractivity contribution in [2.24, 2.45) is 0 Å². The molecule has 2 aromatic rings. The Labute approximate surface area is 130 Å². The maximum absolute atomic E-state index is 11.6. The van der Waals surface area contributed by atoms with Crippen molar-refractivity contribution in [1.82, 2.24) is 14.3 Å². The van der Waals surface area contributed by atoms with Gasteiger partial charge < -0.3 is 14.0 Å². The van der Waals surface area contributed by atoms with Gasteiger partial charge >= 0.3 is 5.97 Å². The molecule has 1 unspecified atom stereocenters. The molecule has 0 bridgehead atoms. The molecule has 3 heterocycles. The van der Waals surface area contributed by atoms with E-state index in [0.717, 1.165) is 24.3 Å². The Morgan fingerprint density at radius 2 is 2.32 bits per heavy atom. The highest BCUT2D eigenvalue weighted by Gasteiger charge is 2.22. The number of ether oxygens (including phenoxy) is 1. The van der Waals surface area contributed by atoms with E-state index in [1.165, 1.54) is 32.9 Å². The van der Waals surface area contributed by atoms with Gasteiger partial charge in [-0.15, -0.1) is 0 Å². The van der Waals surface area contributed by atoms with Crippen molar-refractivity contribution in [1.29, 1.82) is 0 Å². The van der Waals surface area contributed by atoms with Crippen molar-refractivity contribution < 1.29 is 9.53 Å². The molecule has 5 nitrogen and oxygen atoms in total. The van der Waals surface area contributed by atoms with Crippen molar-refractivity contribution in [2.45, 2.75) is 38.6 Å². The van der Waals surface area contributed by atoms with E-state index in [1.54, 1.807) is 12.1 Å². The number of likely N-dealkylation sites (tertiary alicyclic amines) is 1. The molecule has 0 N–H and O–H groups in total. The van der Waals surface area contributed by atoms with Crippen LogP contribution in [0.25, 0.3) is 5.65 Å². The molecule has 0 aromatic carbocycles. The minimum absolute atomic E-state index is 0.323. The number of aromatic nitrogens is 2. The van der Waals surface area contributed by atoms with Gasteiger partial charge in [-0.25, -0.2) is 9.78 Å². The molecule has 2 aromatic heterocycles. The maximum Gasteiger partial charge on any atom is 0.338 e. The summed E-state index contributed by atoms with van der Waals surface area (Å²) in [6.07, 6.45) is 8.77. The van der Waals surface area contributed by atoms with E-state index in [0.29, 0.717) is 11.6 Å². The van der Waals surface area contributed by atoms with Crippen LogP contribution in [0.4, 0.5) is 0 Å². The van der Waals surface area contributed by atoms with Crippen molar-refractivity contribution in [3.05, 3.63) is 35.8 Å². The summed E-state index contributed by atoms with van der Waals surface area (Å²) < 4.78 is 6.73. The fourth-order valence-corrected chi connectivity index (χ4v) is 3.33. The van der Waals surface area contributed by atoms with Gasteiger partial charge in [-0.05, 0) is 38.1 Å². The zero-order chi connectivity index (χ0) is 15.5. The highest BCUT2D eigenvalue weighted by Crippen LogP contribution is 2.20. The lowest BCUT2D eigenvalue weighted by Crippen LogP contribution is -2.40. The lowest BCUT2D eigenvalue weighted by Gasteiger charge is -2.34. The lowest BCUT2D eigenvalue weighted by molar-refractivity contribution is 0.0600. The van der Waals surface area contributed by atoms with Gasteiger partial charge in [0.1, 0.15) is 5.65 Å². The van der Waals surface area contributed by atoms with Crippen LogP contribution >= 0.6 is 0 Å². The van der Waals surface area contributed by atoms with Gasteiger partial charge in [0.25, 0.3) is 0 Å². The van der Waals surface area contributed by atoms with E-state index in [2.05, 4.69) is 23.0 Å². The number of pyridine rings is 1. The van der Waals surface area contributed by atoms with Crippen LogP contribution in [0.2, 0.25) is 0 Å². The first-order chi connectivity index (χ1) is 10.7. The van der Waals surface area contributed by atoms with Gasteiger partial charge in [-0.1, -0.05) is 13.3 Å². The molecular weight excluding hydrogens is 278 g/mol. The SMILES string of the molecule is CCN1CCCCC1Cc1cn2ccc(C(=O)OC)cc2n1. The molecule has 0 saturated carbocycles. The molecule has 118 valence electrons. The van der Waals surface area contributed by atoms with Gasteiger partial charge in [-0.2, -0.15) is 0 Å². The number of piperidine rings is 1. The molecule has 22 heavy (non-hydrogen) atoms. The van der Waals surface area contributed by atoms with Crippen molar-refractivity contribution in [3.8, 4) is 0 Å². The number of carbonyl (C=O) groups excluding carboxylic acids is 1. The van der Waals surface area contributed by atoms with Crippen LogP contribution in [0, 0.1) is 0 Å². The monoisotopic (exact) mass is 301 g/mol. The lowest BCUT2D eigenvalue weighted by atomic mass is 9.98. The smallest absolute Gasteiger partial charge is 0.338 e. The summed E-state index contributed by atoms with van der Waals surface area (Å²) in [5.74, 6) is -0.323. The number of rotatable bonds is 4. The number of imidazole rings is 1. The van der Waals surface area contributed by atoms with Crippen LogP contribution in [0.3, 0.4) is 0 Å². The van der Waals surface area contributed by atoms with E-state index < -0.39 is 0 Å². The second-order valence-electron chi connectivity index (χ2n) is 5.89. The first-order valence-corrected chi connectivity index (χ1v) is 8.01. The van der Waals surface area contributed by atoms with Gasteiger partial charge in [0, 0.05) is 24.9 Å². The quantitative estimate of drug-likeness (QED) is 0.814. The Hall–Kier alpha value is -1.88. The Morgan fingerprint density at radius 3 is 3.09 bits per heavy atom. The molecule has 1 aliphatic heterocycles. The predicted molar refractivity (Wildman–Crippen MR) is 85.1 cm³/mol. The third-order valence-corrected chi connectivity index (χ3v) is 4.53. The number of hydrogen-bond donors (Lipinski definition) is 0. The summed E-state index contributed by atoms with van der Waals surface area (Å²) in [6, 6.07) is 4.14. The average molecular weight is 301 g/mol. The second-order valence-corrected chi connectivity index (χ2v) is 5.89. The van der Waals surface area contributed by atoms with E-state index in [9.17, 15) is 4.79 Å². The summed E-state index contributed by atoms with van der Waals surface area (Å²) in [4.78, 5) is 18.8. The van der Waals surface area contributed by atoms with Crippen LogP contribution in [-0.4, -0.2) is 46.5 Å². The fraction of sp³-hybridized carbons (Fsp3) is 0.529. The fourth-order valence-electron chi connectivity index (χ4n) is 3.33. The molecule has 0 aliphatic carbocycles. The molecule has 1 saturated heterocycles. The zero-order valence-electron chi connectivity index (χ0n) is 13.3. The second kappa shape index (κ2) is 6.48. The largest absolute Gasteiger partial charge is 0.465 e. The van der Waals surface area contributed by atoms with E-state index in [-0.39, 0.29) is 5.97 Å². The van der Waals surface area contributed by atoms with Crippen LogP contribution < -0.4 is 0 Å². The Morgan fingerprint density at radius 1 is 1.45 bits per heavy atom. The first-order valence-electron chi connectivity index (χ1n) is 8.01. The average Bonchev–Trinajstić information content (AvgIpc) is 2.95. The molecule has 1 aliphatic rings. The number of methoxy groups -OCH3 is 1. The molecule has 0 spiro atoms. The first kappa shape index (κ1) is 15.0. The summed E-state index contributed by atoms with van der Waals surface area (Å²) >= 11 is 0. The molecule has 5 heteroatoms. The van der Waals surface area contributed by atoms with E-state index in [4.69, 9.17) is 4.74 Å². The minimum Gasteiger partial charge on any atom is -0.465 e. The van der Waals surface area contributed by atoms with Gasteiger partial charge in [0.15, 0.2) is 0 Å². The van der Waals surface area contributed by atoms with Crippen molar-refractivity contribution in [3.63, 3.8) is 0 Å². The minimum atomic E-state index is -0.323. The number of likely N-dealkylation sites (N-methyl/N-ethyl adjacent to an activating group) is 1. The van der Waals surface area contributed by atoms with Crippen molar-refractivity contribution >= 4 is 11.6 Å². The number of esters is 1. The number of fused-ring (bicyclic) bond motifs is 1. The van der Waals surface area contributed by atoms with Crippen LogP contribution in [0.15, 0.2) is 24.5 Å². The number of hydrogen-bond acceptors (Lipinski definition) is 4. The predicted octanol–water partition coefficient (Wildman–Crippen LogP) is 2.54. The van der Waals surface area contributed by atoms with Gasteiger partial charge in [0.05, 0.1) is 18.4 Å². The Bertz CT molecular complexity index is 665. The Kier molecular flexibility index (Phi) is 4.43. The van der Waals surface area contributed by atoms with Gasteiger partial charge in [0.2, 0.25) is 0 Å². The third-order valence-electron chi connectivity index (χ3n) is 4.53.